The van der Waals surface area contributed by atoms with Gasteiger partial charge in [-0.2, -0.15) is 0 Å². The zero-order chi connectivity index (χ0) is 14.8. The third-order valence-corrected chi connectivity index (χ3v) is 2.97. The van der Waals surface area contributed by atoms with Crippen LogP contribution < -0.4 is 10.2 Å². The molecule has 10 nitrogen and oxygen atoms in total. The van der Waals surface area contributed by atoms with Crippen LogP contribution in [-0.4, -0.2) is 63.4 Å². The summed E-state index contributed by atoms with van der Waals surface area (Å²) in [6.07, 6.45) is -6.26. The third-order valence-electron chi connectivity index (χ3n) is 2.49. The maximum Gasteiger partial charge on any atom is 0.265 e. The molecule has 0 bridgehead atoms. The second kappa shape index (κ2) is 6.25. The lowest BCUT2D eigenvalue weighted by molar-refractivity contribution is -0.261. The molecule has 0 aromatic carbocycles. The van der Waals surface area contributed by atoms with E-state index >= 15 is 0 Å². The Morgan fingerprint density at radius 2 is 2.00 bits per heavy atom. The number of aliphatic hydroxyl groups is 3. The van der Waals surface area contributed by atoms with E-state index in [1.807, 2.05) is 0 Å². The molecule has 6 unspecified atom stereocenters. The molecular formula is C8H15NO9P-. The lowest BCUT2D eigenvalue weighted by Gasteiger charge is -2.40. The van der Waals surface area contributed by atoms with E-state index in [0.717, 1.165) is 6.92 Å². The zero-order valence-corrected chi connectivity index (χ0v) is 10.8. The van der Waals surface area contributed by atoms with Crippen molar-refractivity contribution in [2.24, 2.45) is 0 Å². The number of hydrogen-bond donors (Lipinski definition) is 5. The number of carbonyl (C=O) groups excluding carboxylic acids is 1. The van der Waals surface area contributed by atoms with Crippen LogP contribution in [0.25, 0.3) is 0 Å². The molecule has 0 aromatic heterocycles. The van der Waals surface area contributed by atoms with E-state index in [0.29, 0.717) is 0 Å². The SMILES string of the molecule is CC(=O)NC1C(O)OC(COP(=O)([O-])O)C(O)C1O. The van der Waals surface area contributed by atoms with Crippen molar-refractivity contribution < 1.29 is 43.7 Å². The molecule has 0 radical (unpaired) electrons. The molecule has 1 fully saturated rings. The van der Waals surface area contributed by atoms with Crippen molar-refractivity contribution >= 4 is 13.7 Å². The van der Waals surface area contributed by atoms with E-state index in [-0.39, 0.29) is 0 Å². The number of phosphoric ester groups is 1. The fraction of sp³-hybridized carbons (Fsp3) is 0.875. The highest BCUT2D eigenvalue weighted by molar-refractivity contribution is 7.44. The maximum absolute atomic E-state index is 10.8. The molecule has 1 aliphatic rings. The molecular weight excluding hydrogens is 285 g/mol. The van der Waals surface area contributed by atoms with Gasteiger partial charge in [0.2, 0.25) is 5.91 Å². The fourth-order valence-corrected chi connectivity index (χ4v) is 1.98. The van der Waals surface area contributed by atoms with Crippen LogP contribution in [-0.2, 0) is 18.6 Å². The Balaban J connectivity index is 2.66. The second-order valence-electron chi connectivity index (χ2n) is 4.04. The first-order valence-electron chi connectivity index (χ1n) is 5.27. The molecule has 11 heteroatoms. The summed E-state index contributed by atoms with van der Waals surface area (Å²) in [6.45, 7) is 0.347. The van der Waals surface area contributed by atoms with Crippen LogP contribution in [0.5, 0.6) is 0 Å². The van der Waals surface area contributed by atoms with Crippen LogP contribution in [0, 0.1) is 0 Å². The van der Waals surface area contributed by atoms with Crippen molar-refractivity contribution in [3.05, 3.63) is 0 Å². The zero-order valence-electron chi connectivity index (χ0n) is 9.87. The van der Waals surface area contributed by atoms with E-state index in [4.69, 9.17) is 9.63 Å². The number of hydrogen-bond acceptors (Lipinski definition) is 8. The molecule has 0 aromatic rings. The van der Waals surface area contributed by atoms with E-state index in [9.17, 15) is 29.6 Å². The number of phosphoric acid groups is 1. The van der Waals surface area contributed by atoms with Gasteiger partial charge in [0, 0.05) is 6.92 Å². The quantitative estimate of drug-likeness (QED) is 0.329. The van der Waals surface area contributed by atoms with Crippen LogP contribution in [0.3, 0.4) is 0 Å². The van der Waals surface area contributed by atoms with Crippen molar-refractivity contribution in [2.45, 2.75) is 37.6 Å². The Morgan fingerprint density at radius 3 is 2.47 bits per heavy atom. The second-order valence-corrected chi connectivity index (χ2v) is 5.23. The van der Waals surface area contributed by atoms with E-state index < -0.39 is 51.0 Å². The molecule has 6 atom stereocenters. The molecule has 1 amide bonds. The van der Waals surface area contributed by atoms with Gasteiger partial charge in [-0.15, -0.1) is 0 Å². The van der Waals surface area contributed by atoms with Crippen LogP contribution >= 0.6 is 7.82 Å². The molecule has 1 heterocycles. The van der Waals surface area contributed by atoms with Crippen LogP contribution in [0.1, 0.15) is 6.92 Å². The summed E-state index contributed by atoms with van der Waals surface area (Å²) in [6, 6.07) is -1.27. The van der Waals surface area contributed by atoms with Gasteiger partial charge in [-0.1, -0.05) is 0 Å². The minimum atomic E-state index is -5.01. The first-order valence-corrected chi connectivity index (χ1v) is 6.76. The van der Waals surface area contributed by atoms with Gasteiger partial charge in [0.15, 0.2) is 6.29 Å². The average Bonchev–Trinajstić information content (AvgIpc) is 2.26. The Bertz CT molecular complexity index is 371. The van der Waals surface area contributed by atoms with Crippen molar-refractivity contribution in [1.82, 2.24) is 5.32 Å². The minimum absolute atomic E-state index is 0.562. The van der Waals surface area contributed by atoms with E-state index in [1.165, 1.54) is 0 Å². The predicted octanol–water partition coefficient (Wildman–Crippen LogP) is -3.59. The highest BCUT2D eigenvalue weighted by atomic mass is 31.2. The van der Waals surface area contributed by atoms with Gasteiger partial charge in [0.25, 0.3) is 7.82 Å². The summed E-state index contributed by atoms with van der Waals surface area (Å²) < 4.78 is 19.2. The molecule has 0 saturated carbocycles. The van der Waals surface area contributed by atoms with Crippen molar-refractivity contribution in [1.29, 1.82) is 0 Å². The maximum atomic E-state index is 10.8. The smallest absolute Gasteiger partial charge is 0.265 e. The first kappa shape index (κ1) is 16.5. The molecule has 5 N–H and O–H groups in total. The van der Waals surface area contributed by atoms with Crippen LogP contribution in [0.15, 0.2) is 0 Å². The summed E-state index contributed by atoms with van der Waals surface area (Å²) in [5.74, 6) is -0.562. The van der Waals surface area contributed by atoms with Gasteiger partial charge in [-0.3, -0.25) is 9.36 Å². The number of ether oxygens (including phenoxy) is 1. The fourth-order valence-electron chi connectivity index (χ4n) is 1.64. The lowest BCUT2D eigenvalue weighted by atomic mass is 9.97. The largest absolute Gasteiger partial charge is 0.756 e. The van der Waals surface area contributed by atoms with Gasteiger partial charge >= 0.3 is 0 Å². The molecule has 1 aliphatic heterocycles. The standard InChI is InChI=1S/C8H16NO9P/c1-3(10)9-5-7(12)6(11)4(18-8(5)13)2-17-19(14,15)16/h4-8,11-13H,2H2,1H3,(H,9,10)(H2,14,15,16)/p-1. The van der Waals surface area contributed by atoms with Gasteiger partial charge in [0.1, 0.15) is 24.4 Å². The Kier molecular flexibility index (Phi) is 5.42. The van der Waals surface area contributed by atoms with Gasteiger partial charge in [-0.05, 0) is 0 Å². The molecule has 19 heavy (non-hydrogen) atoms. The minimum Gasteiger partial charge on any atom is -0.756 e. The predicted molar refractivity (Wildman–Crippen MR) is 56.3 cm³/mol. The number of rotatable bonds is 4. The molecule has 1 saturated heterocycles. The Hall–Kier alpha value is -0.580. The van der Waals surface area contributed by atoms with Gasteiger partial charge in [-0.25, -0.2) is 0 Å². The monoisotopic (exact) mass is 300 g/mol. The van der Waals surface area contributed by atoms with Crippen LogP contribution in [0.2, 0.25) is 0 Å². The summed E-state index contributed by atoms with van der Waals surface area (Å²) in [5.41, 5.74) is 0. The molecule has 1 rings (SSSR count). The lowest BCUT2D eigenvalue weighted by Crippen LogP contribution is -2.64. The number of nitrogens with one attached hydrogen (secondary N) is 1. The molecule has 112 valence electrons. The third kappa shape index (κ3) is 4.79. The Morgan fingerprint density at radius 1 is 1.42 bits per heavy atom. The molecule has 0 aliphatic carbocycles. The summed E-state index contributed by atoms with van der Waals surface area (Å²) >= 11 is 0. The van der Waals surface area contributed by atoms with Crippen molar-refractivity contribution in [3.63, 3.8) is 0 Å². The van der Waals surface area contributed by atoms with Crippen LogP contribution in [0.4, 0.5) is 0 Å². The summed E-state index contributed by atoms with van der Waals surface area (Å²) in [5, 5.41) is 31.0. The molecule has 0 spiro atoms. The van der Waals surface area contributed by atoms with E-state index in [2.05, 4.69) is 9.84 Å². The van der Waals surface area contributed by atoms with Gasteiger partial charge in [0.05, 0.1) is 6.61 Å². The first-order chi connectivity index (χ1) is 8.61. The summed E-state index contributed by atoms with van der Waals surface area (Å²) in [4.78, 5) is 29.6. The topological polar surface area (TPSA) is 169 Å². The average molecular weight is 300 g/mol. The number of aliphatic hydroxyl groups excluding tert-OH is 3. The summed E-state index contributed by atoms with van der Waals surface area (Å²) in [7, 11) is -5.01. The number of carbonyl (C=O) groups is 1. The van der Waals surface area contributed by atoms with Crippen molar-refractivity contribution in [3.8, 4) is 0 Å². The van der Waals surface area contributed by atoms with E-state index in [1.54, 1.807) is 0 Å². The number of amides is 1. The van der Waals surface area contributed by atoms with Gasteiger partial charge < -0.3 is 39.7 Å². The normalized spacial score (nSPS) is 38.5. The Labute approximate surface area is 108 Å². The highest BCUT2D eigenvalue weighted by Crippen LogP contribution is 2.32. The highest BCUT2D eigenvalue weighted by Gasteiger charge is 2.44. The van der Waals surface area contributed by atoms with Crippen molar-refractivity contribution in [2.75, 3.05) is 6.61 Å².